The highest BCUT2D eigenvalue weighted by atomic mass is 16.5. The monoisotopic (exact) mass is 442 g/mol. The predicted molar refractivity (Wildman–Crippen MR) is 126 cm³/mol. The van der Waals surface area contributed by atoms with E-state index in [0.717, 1.165) is 36.3 Å². The molecule has 33 heavy (non-hydrogen) atoms. The Kier molecular flexibility index (Phi) is 4.46. The van der Waals surface area contributed by atoms with Crippen LogP contribution in [0.4, 0.5) is 0 Å². The van der Waals surface area contributed by atoms with E-state index in [4.69, 9.17) is 4.74 Å². The van der Waals surface area contributed by atoms with E-state index < -0.39 is 11.0 Å². The molecule has 2 bridgehead atoms. The molecule has 1 spiro atoms. The van der Waals surface area contributed by atoms with Crippen molar-refractivity contribution in [2.75, 3.05) is 20.6 Å². The van der Waals surface area contributed by atoms with Crippen molar-refractivity contribution in [1.82, 2.24) is 9.80 Å². The number of carbonyl (C=O) groups excluding carboxylic acids is 1. The van der Waals surface area contributed by atoms with Gasteiger partial charge in [0.25, 0.3) is 5.91 Å². The number of nitrogens with zero attached hydrogens (tertiary/aromatic N) is 2. The first-order chi connectivity index (χ1) is 15.8. The Morgan fingerprint density at radius 2 is 2.06 bits per heavy atom. The maximum Gasteiger partial charge on any atom is 0.298 e. The molecule has 2 aromatic rings. The van der Waals surface area contributed by atoms with Gasteiger partial charge in [0.15, 0.2) is 0 Å². The van der Waals surface area contributed by atoms with E-state index in [1.165, 1.54) is 11.1 Å². The zero-order valence-corrected chi connectivity index (χ0v) is 19.5. The Morgan fingerprint density at radius 1 is 1.24 bits per heavy atom. The molecule has 2 fully saturated rings. The summed E-state index contributed by atoms with van der Waals surface area (Å²) in [6, 6.07) is 14.1. The van der Waals surface area contributed by atoms with Crippen molar-refractivity contribution >= 4 is 5.91 Å². The minimum Gasteiger partial charge on any atom is -0.487 e. The van der Waals surface area contributed by atoms with Gasteiger partial charge in [0.2, 0.25) is 0 Å². The molecule has 4 aliphatic rings. The summed E-state index contributed by atoms with van der Waals surface area (Å²) in [5.41, 5.74) is 3.11. The summed E-state index contributed by atoms with van der Waals surface area (Å²) < 4.78 is 6.62. The second-order valence-corrected chi connectivity index (χ2v) is 10.3. The molecule has 1 saturated carbocycles. The minimum atomic E-state index is -0.849. The molecular formula is C28H30N2O3. The van der Waals surface area contributed by atoms with E-state index in [9.17, 15) is 9.90 Å². The number of hydrogen-bond acceptors (Lipinski definition) is 4. The molecule has 2 aliphatic heterocycles. The first-order valence-corrected chi connectivity index (χ1v) is 11.9. The fraction of sp³-hybridized carbons (Fsp3) is 0.464. The summed E-state index contributed by atoms with van der Waals surface area (Å²) in [4.78, 5) is 17.2. The smallest absolute Gasteiger partial charge is 0.298 e. The quantitative estimate of drug-likeness (QED) is 0.690. The Balaban J connectivity index is 1.37. The average molecular weight is 443 g/mol. The van der Waals surface area contributed by atoms with E-state index in [1.807, 2.05) is 44.3 Å². The van der Waals surface area contributed by atoms with Crippen molar-refractivity contribution in [3.63, 3.8) is 0 Å². The summed E-state index contributed by atoms with van der Waals surface area (Å²) in [6.07, 6.45) is 2.76. The van der Waals surface area contributed by atoms with Gasteiger partial charge in [-0.05, 0) is 75.5 Å². The molecule has 0 unspecified atom stereocenters. The first-order valence-electron chi connectivity index (χ1n) is 11.9. The average Bonchev–Trinajstić information content (AvgIpc) is 3.14. The number of aryl methyl sites for hydroxylation is 1. The molecule has 1 N–H and O–H groups in total. The number of benzene rings is 2. The fourth-order valence-corrected chi connectivity index (χ4v) is 7.18. The van der Waals surface area contributed by atoms with E-state index >= 15 is 0 Å². The fourth-order valence-electron chi connectivity index (χ4n) is 7.18. The molecule has 1 saturated heterocycles. The molecule has 0 aromatic heterocycles. The lowest BCUT2D eigenvalue weighted by atomic mass is 9.48. The van der Waals surface area contributed by atoms with E-state index in [2.05, 4.69) is 35.9 Å². The largest absolute Gasteiger partial charge is 0.487 e. The number of carbonyl (C=O) groups is 1. The summed E-state index contributed by atoms with van der Waals surface area (Å²) >= 11 is 0. The van der Waals surface area contributed by atoms with Gasteiger partial charge in [-0.15, -0.1) is 0 Å². The van der Waals surface area contributed by atoms with Crippen molar-refractivity contribution in [1.29, 1.82) is 0 Å². The third kappa shape index (κ3) is 2.71. The van der Waals surface area contributed by atoms with Crippen LogP contribution in [0.15, 0.2) is 42.5 Å². The van der Waals surface area contributed by atoms with Crippen LogP contribution >= 0.6 is 0 Å². The second kappa shape index (κ2) is 7.09. The predicted octanol–water partition coefficient (Wildman–Crippen LogP) is 2.66. The number of aliphatic hydroxyl groups is 1. The Morgan fingerprint density at radius 3 is 2.88 bits per heavy atom. The van der Waals surface area contributed by atoms with Crippen molar-refractivity contribution in [2.45, 2.75) is 61.8 Å². The molecule has 1 amide bonds. The zero-order chi connectivity index (χ0) is 23.0. The lowest BCUT2D eigenvalue weighted by Crippen LogP contribution is -2.77. The molecule has 6 rings (SSSR count). The van der Waals surface area contributed by atoms with Crippen molar-refractivity contribution in [3.05, 3.63) is 64.7 Å². The number of piperidine rings is 1. The molecular weight excluding hydrogens is 412 g/mol. The SMILES string of the molecule is Cc1cccc(C#CC(=O)N(C)[C@H]2CC[C@@]3(O)[C@H]4Cc5cccc6c5[C@@]3(CCN4C)[C@H]2O6)c1. The first kappa shape index (κ1) is 20.8. The molecule has 2 heterocycles. The normalized spacial score (nSPS) is 33.4. The highest BCUT2D eigenvalue weighted by Crippen LogP contribution is 2.64. The molecule has 0 radical (unpaired) electrons. The van der Waals surface area contributed by atoms with Crippen LogP contribution in [-0.2, 0) is 16.6 Å². The van der Waals surface area contributed by atoms with E-state index in [1.54, 1.807) is 4.90 Å². The maximum absolute atomic E-state index is 13.2. The van der Waals surface area contributed by atoms with E-state index in [0.29, 0.717) is 12.8 Å². The van der Waals surface area contributed by atoms with Gasteiger partial charge in [0.05, 0.1) is 17.1 Å². The van der Waals surface area contributed by atoms with Gasteiger partial charge in [-0.3, -0.25) is 4.79 Å². The van der Waals surface area contributed by atoms with E-state index in [-0.39, 0.29) is 24.1 Å². The third-order valence-electron chi connectivity index (χ3n) is 8.75. The van der Waals surface area contributed by atoms with Crippen LogP contribution in [0.5, 0.6) is 5.75 Å². The zero-order valence-electron chi connectivity index (χ0n) is 19.5. The number of likely N-dealkylation sites (tertiary alicyclic amines) is 1. The van der Waals surface area contributed by atoms with Crippen LogP contribution < -0.4 is 4.74 Å². The lowest BCUT2D eigenvalue weighted by molar-refractivity contribution is -0.195. The molecule has 5 atom stereocenters. The number of hydrogen-bond donors (Lipinski definition) is 1. The number of likely N-dealkylation sites (N-methyl/N-ethyl adjacent to an activating group) is 2. The van der Waals surface area contributed by atoms with Gasteiger partial charge < -0.3 is 19.6 Å². The van der Waals surface area contributed by atoms with Crippen molar-refractivity contribution < 1.29 is 14.6 Å². The van der Waals surface area contributed by atoms with Gasteiger partial charge in [-0.2, -0.15) is 0 Å². The molecule has 170 valence electrons. The summed E-state index contributed by atoms with van der Waals surface area (Å²) in [6.45, 7) is 2.93. The molecule has 2 aliphatic carbocycles. The maximum atomic E-state index is 13.2. The molecule has 5 nitrogen and oxygen atoms in total. The topological polar surface area (TPSA) is 53.0 Å². The van der Waals surface area contributed by atoms with Crippen LogP contribution in [-0.4, -0.2) is 65.2 Å². The van der Waals surface area contributed by atoms with Crippen molar-refractivity contribution in [2.24, 2.45) is 0 Å². The lowest BCUT2D eigenvalue weighted by Gasteiger charge is -2.64. The summed E-state index contributed by atoms with van der Waals surface area (Å²) in [5, 5.41) is 12.2. The minimum absolute atomic E-state index is 0.0706. The molecule has 5 heteroatoms. The number of ether oxygens (including phenoxy) is 1. The van der Waals surface area contributed by atoms with Crippen LogP contribution in [0.1, 0.15) is 41.5 Å². The third-order valence-corrected chi connectivity index (χ3v) is 8.75. The Hall–Kier alpha value is -2.81. The van der Waals surface area contributed by atoms with Gasteiger partial charge in [0.1, 0.15) is 11.9 Å². The number of amides is 1. The Labute approximate surface area is 195 Å². The highest BCUT2D eigenvalue weighted by Gasteiger charge is 2.72. The van der Waals surface area contributed by atoms with Crippen LogP contribution in [0.2, 0.25) is 0 Å². The van der Waals surface area contributed by atoms with Crippen LogP contribution in [0, 0.1) is 18.8 Å². The van der Waals surface area contributed by atoms with Crippen molar-refractivity contribution in [3.8, 4) is 17.6 Å². The van der Waals surface area contributed by atoms with Gasteiger partial charge >= 0.3 is 0 Å². The van der Waals surface area contributed by atoms with Gasteiger partial charge in [0, 0.05) is 30.1 Å². The number of rotatable bonds is 1. The Bertz CT molecular complexity index is 1210. The summed E-state index contributed by atoms with van der Waals surface area (Å²) in [7, 11) is 3.96. The van der Waals surface area contributed by atoms with Gasteiger partial charge in [-0.25, -0.2) is 0 Å². The van der Waals surface area contributed by atoms with Crippen LogP contribution in [0.25, 0.3) is 0 Å². The standard InChI is InChI=1S/C28H30N2O3/c1-18-6-4-7-19(16-18)10-11-24(31)30(3)21-12-13-28(32)23-17-20-8-5-9-22-25(20)27(28,26(21)33-22)14-15-29(23)2/h4-9,16,21,23,26,32H,12-15,17H2,1-3H3/t21-,23+,26-,27-,28+/m0/s1. The summed E-state index contributed by atoms with van der Waals surface area (Å²) in [5.74, 6) is 6.55. The second-order valence-electron chi connectivity index (χ2n) is 10.3. The van der Waals surface area contributed by atoms with Crippen LogP contribution in [0.3, 0.4) is 0 Å². The van der Waals surface area contributed by atoms with Gasteiger partial charge in [-0.1, -0.05) is 30.2 Å². The molecule has 2 aromatic carbocycles. The highest BCUT2D eigenvalue weighted by molar-refractivity contribution is 5.94.